The molecule has 2 aromatic rings. The number of benzene rings is 2. The van der Waals surface area contributed by atoms with Crippen molar-refractivity contribution in [1.29, 1.82) is 0 Å². The largest absolute Gasteiger partial charge is 0.464 e. The Bertz CT molecular complexity index is 887. The lowest BCUT2D eigenvalue weighted by atomic mass is 9.85. The number of nitro benzene ring substituents is 1. The number of carbonyl (C=O) groups excluding carboxylic acids is 1. The number of aliphatic hydroxyl groups is 1. The highest BCUT2D eigenvalue weighted by molar-refractivity contribution is 5.70. The minimum atomic E-state index is -0.909. The number of esters is 1. The summed E-state index contributed by atoms with van der Waals surface area (Å²) in [5, 5.41) is 24.8. The molecule has 0 bridgehead atoms. The molecule has 0 radical (unpaired) electrons. The van der Waals surface area contributed by atoms with E-state index in [9.17, 15) is 20.0 Å². The summed E-state index contributed by atoms with van der Waals surface area (Å²) in [4.78, 5) is 22.3. The minimum Gasteiger partial charge on any atom is -0.464 e. The first-order chi connectivity index (χ1) is 14.5. The van der Waals surface area contributed by atoms with Crippen LogP contribution in [0.15, 0.2) is 48.5 Å². The van der Waals surface area contributed by atoms with Crippen molar-refractivity contribution in [3.63, 3.8) is 0 Å². The molecule has 3 rings (SSSR count). The molecule has 8 nitrogen and oxygen atoms in total. The maximum Gasteiger partial charge on any atom is 0.332 e. The second-order valence-electron chi connectivity index (χ2n) is 7.16. The van der Waals surface area contributed by atoms with Crippen molar-refractivity contribution in [3.8, 4) is 0 Å². The number of non-ortho nitro benzene ring substituents is 1. The highest BCUT2D eigenvalue weighted by Crippen LogP contribution is 2.33. The first kappa shape index (κ1) is 21.9. The summed E-state index contributed by atoms with van der Waals surface area (Å²) in [5.74, 6) is -0.420. The zero-order valence-corrected chi connectivity index (χ0v) is 16.8. The summed E-state index contributed by atoms with van der Waals surface area (Å²) in [6.45, 7) is 2.08. The Morgan fingerprint density at radius 2 is 2.10 bits per heavy atom. The number of nitrogens with zero attached hydrogens (tertiary/aromatic N) is 1. The molecule has 0 fully saturated rings. The van der Waals surface area contributed by atoms with Crippen LogP contribution in [-0.2, 0) is 20.7 Å². The standard InChI is InChI=1S/C22H26N2O6/c1-2-29-21(26)14-30-22-18-9-4-3-6-15(18)10-11-19(22)23-13-20(25)16-7-5-8-17(12-16)24(27)28/h3-9,12,19-20,22-23,25H,2,10-11,13-14H2,1H3/t19?,20-,22?/m1/s1. The van der Waals surface area contributed by atoms with E-state index in [1.807, 2.05) is 24.3 Å². The maximum absolute atomic E-state index is 11.8. The van der Waals surface area contributed by atoms with Crippen LogP contribution in [0.3, 0.4) is 0 Å². The van der Waals surface area contributed by atoms with Gasteiger partial charge in [0.2, 0.25) is 0 Å². The number of aliphatic hydroxyl groups excluding tert-OH is 1. The third kappa shape index (κ3) is 5.41. The van der Waals surface area contributed by atoms with Gasteiger partial charge in [0.15, 0.2) is 0 Å². The van der Waals surface area contributed by atoms with Gasteiger partial charge in [-0.05, 0) is 36.5 Å². The van der Waals surface area contributed by atoms with Crippen molar-refractivity contribution in [2.45, 2.75) is 38.0 Å². The smallest absolute Gasteiger partial charge is 0.332 e. The SMILES string of the molecule is CCOC(=O)COC1c2ccccc2CCC1NC[C@@H](O)c1cccc([N+](=O)[O-])c1. The normalized spacial score (nSPS) is 19.0. The van der Waals surface area contributed by atoms with Gasteiger partial charge < -0.3 is 19.9 Å². The van der Waals surface area contributed by atoms with Crippen molar-refractivity contribution in [3.05, 3.63) is 75.3 Å². The Labute approximate surface area is 175 Å². The van der Waals surface area contributed by atoms with E-state index >= 15 is 0 Å². The first-order valence-corrected chi connectivity index (χ1v) is 10.0. The highest BCUT2D eigenvalue weighted by Gasteiger charge is 2.31. The third-order valence-corrected chi connectivity index (χ3v) is 5.18. The van der Waals surface area contributed by atoms with Crippen molar-refractivity contribution >= 4 is 11.7 Å². The quantitative estimate of drug-likeness (QED) is 0.369. The Hall–Kier alpha value is -2.81. The summed E-state index contributed by atoms with van der Waals surface area (Å²) in [6.07, 6.45) is 0.344. The topological polar surface area (TPSA) is 111 Å². The lowest BCUT2D eigenvalue weighted by molar-refractivity contribution is -0.385. The Balaban J connectivity index is 1.69. The molecular formula is C22H26N2O6. The van der Waals surface area contributed by atoms with Gasteiger partial charge in [-0.3, -0.25) is 10.1 Å². The van der Waals surface area contributed by atoms with Crippen LogP contribution in [0, 0.1) is 10.1 Å². The molecule has 0 saturated carbocycles. The lowest BCUT2D eigenvalue weighted by Crippen LogP contribution is -2.42. The highest BCUT2D eigenvalue weighted by atomic mass is 16.6. The Morgan fingerprint density at radius 1 is 1.30 bits per heavy atom. The van der Waals surface area contributed by atoms with Crippen molar-refractivity contribution in [2.24, 2.45) is 0 Å². The van der Waals surface area contributed by atoms with Crippen LogP contribution in [0.2, 0.25) is 0 Å². The molecule has 0 amide bonds. The molecule has 3 atom stereocenters. The van der Waals surface area contributed by atoms with E-state index in [2.05, 4.69) is 5.32 Å². The summed E-state index contributed by atoms with van der Waals surface area (Å²) in [6, 6.07) is 13.8. The van der Waals surface area contributed by atoms with Crippen LogP contribution in [0.5, 0.6) is 0 Å². The van der Waals surface area contributed by atoms with Gasteiger partial charge in [-0.1, -0.05) is 36.4 Å². The molecule has 0 heterocycles. The Kier molecular flexibility index (Phi) is 7.51. The second kappa shape index (κ2) is 10.3. The summed E-state index contributed by atoms with van der Waals surface area (Å²) in [5.41, 5.74) is 2.59. The number of hydrogen-bond acceptors (Lipinski definition) is 7. The van der Waals surface area contributed by atoms with Gasteiger partial charge in [0.05, 0.1) is 23.7 Å². The molecule has 0 aliphatic heterocycles. The predicted molar refractivity (Wildman–Crippen MR) is 110 cm³/mol. The Morgan fingerprint density at radius 3 is 2.87 bits per heavy atom. The van der Waals surface area contributed by atoms with Crippen LogP contribution in [-0.4, -0.2) is 41.8 Å². The molecule has 0 aromatic heterocycles. The van der Waals surface area contributed by atoms with Crippen molar-refractivity contribution in [1.82, 2.24) is 5.32 Å². The molecule has 2 aromatic carbocycles. The van der Waals surface area contributed by atoms with Crippen LogP contribution >= 0.6 is 0 Å². The van der Waals surface area contributed by atoms with Crippen molar-refractivity contribution < 1.29 is 24.3 Å². The van der Waals surface area contributed by atoms with Crippen LogP contribution in [0.25, 0.3) is 0 Å². The summed E-state index contributed by atoms with van der Waals surface area (Å²) < 4.78 is 10.9. The fourth-order valence-electron chi connectivity index (χ4n) is 3.72. The van der Waals surface area contributed by atoms with Crippen molar-refractivity contribution in [2.75, 3.05) is 19.8 Å². The molecule has 8 heteroatoms. The number of nitro groups is 1. The van der Waals surface area contributed by atoms with Gasteiger partial charge in [0.25, 0.3) is 5.69 Å². The van der Waals surface area contributed by atoms with E-state index in [-0.39, 0.29) is 31.0 Å². The molecule has 1 aliphatic rings. The summed E-state index contributed by atoms with van der Waals surface area (Å²) >= 11 is 0. The number of aryl methyl sites for hydroxylation is 1. The van der Waals surface area contributed by atoms with Crippen LogP contribution in [0.4, 0.5) is 5.69 Å². The molecule has 0 spiro atoms. The van der Waals surface area contributed by atoms with E-state index in [0.29, 0.717) is 12.2 Å². The molecule has 1 aliphatic carbocycles. The average Bonchev–Trinajstić information content (AvgIpc) is 2.76. The lowest BCUT2D eigenvalue weighted by Gasteiger charge is -2.34. The number of rotatable bonds is 9. The number of ether oxygens (including phenoxy) is 2. The van der Waals surface area contributed by atoms with Crippen LogP contribution in [0.1, 0.15) is 42.2 Å². The maximum atomic E-state index is 11.8. The number of fused-ring (bicyclic) bond motifs is 1. The zero-order chi connectivity index (χ0) is 21.5. The minimum absolute atomic E-state index is 0.0613. The molecule has 2 N–H and O–H groups in total. The van der Waals surface area contributed by atoms with Crippen LogP contribution < -0.4 is 5.32 Å². The number of hydrogen-bond donors (Lipinski definition) is 2. The number of carbonyl (C=O) groups is 1. The monoisotopic (exact) mass is 414 g/mol. The van der Waals surface area contributed by atoms with E-state index < -0.39 is 17.0 Å². The second-order valence-corrected chi connectivity index (χ2v) is 7.16. The van der Waals surface area contributed by atoms with Gasteiger partial charge in [-0.25, -0.2) is 4.79 Å². The molecule has 30 heavy (non-hydrogen) atoms. The third-order valence-electron chi connectivity index (χ3n) is 5.18. The van der Waals surface area contributed by atoms with E-state index in [0.717, 1.165) is 18.4 Å². The first-order valence-electron chi connectivity index (χ1n) is 10.0. The fraction of sp³-hybridized carbons (Fsp3) is 0.409. The zero-order valence-electron chi connectivity index (χ0n) is 16.8. The van der Waals surface area contributed by atoms with Gasteiger partial charge in [0.1, 0.15) is 6.61 Å². The average molecular weight is 414 g/mol. The van der Waals surface area contributed by atoms with Gasteiger partial charge >= 0.3 is 5.97 Å². The molecule has 0 saturated heterocycles. The number of nitrogens with one attached hydrogen (secondary N) is 1. The van der Waals surface area contributed by atoms with Gasteiger partial charge in [0, 0.05) is 24.7 Å². The molecular weight excluding hydrogens is 388 g/mol. The molecule has 160 valence electrons. The summed E-state index contributed by atoms with van der Waals surface area (Å²) in [7, 11) is 0. The molecule has 2 unspecified atom stereocenters. The van der Waals surface area contributed by atoms with Gasteiger partial charge in [-0.2, -0.15) is 0 Å². The fourth-order valence-corrected chi connectivity index (χ4v) is 3.72. The van der Waals surface area contributed by atoms with E-state index in [4.69, 9.17) is 9.47 Å². The van der Waals surface area contributed by atoms with Gasteiger partial charge in [-0.15, -0.1) is 0 Å². The van der Waals surface area contributed by atoms with E-state index in [1.165, 1.54) is 17.7 Å². The van der Waals surface area contributed by atoms with E-state index in [1.54, 1.807) is 19.1 Å². The predicted octanol–water partition coefficient (Wildman–Crippen LogP) is 2.85.